The predicted molar refractivity (Wildman–Crippen MR) is 62.3 cm³/mol. The molecule has 0 spiro atoms. The van der Waals surface area contributed by atoms with Gasteiger partial charge in [-0.15, -0.1) is 0 Å². The normalized spacial score (nSPS) is 15.5. The Balaban J connectivity index is 2.63. The minimum Gasteiger partial charge on any atom is -0.386 e. The van der Waals surface area contributed by atoms with Crippen LogP contribution in [-0.4, -0.2) is 24.0 Å². The van der Waals surface area contributed by atoms with Crippen molar-refractivity contribution in [3.63, 3.8) is 0 Å². The molecule has 1 aromatic rings. The minimum absolute atomic E-state index is 0.370. The summed E-state index contributed by atoms with van der Waals surface area (Å²) in [6.45, 7) is 4.27. The van der Waals surface area contributed by atoms with Crippen molar-refractivity contribution in [3.05, 3.63) is 34.9 Å². The van der Waals surface area contributed by atoms with Crippen molar-refractivity contribution in [2.45, 2.75) is 39.2 Å². The molecule has 1 aromatic carbocycles. The lowest BCUT2D eigenvalue weighted by atomic mass is 10.0. The summed E-state index contributed by atoms with van der Waals surface area (Å²) >= 11 is 0. The summed E-state index contributed by atoms with van der Waals surface area (Å²) in [5.74, 6) is 0. The Morgan fingerprint density at radius 3 is 2.39 bits per heavy atom. The SMILES string of the molecule is Cc1ccc(C(O)COC(C)C(F)(F)F)c(C)c1. The molecular weight excluding hydrogens is 245 g/mol. The van der Waals surface area contributed by atoms with Crippen LogP contribution in [0.1, 0.15) is 29.7 Å². The lowest BCUT2D eigenvalue weighted by Gasteiger charge is -2.20. The van der Waals surface area contributed by atoms with Gasteiger partial charge in [0.25, 0.3) is 0 Å². The first-order chi connectivity index (χ1) is 8.21. The summed E-state index contributed by atoms with van der Waals surface area (Å²) in [6.07, 6.45) is -7.32. The number of hydrogen-bond acceptors (Lipinski definition) is 2. The van der Waals surface area contributed by atoms with Crippen molar-refractivity contribution in [1.82, 2.24) is 0 Å². The van der Waals surface area contributed by atoms with Crippen molar-refractivity contribution in [3.8, 4) is 0 Å². The average Bonchev–Trinajstić information content (AvgIpc) is 2.24. The number of hydrogen-bond donors (Lipinski definition) is 1. The largest absolute Gasteiger partial charge is 0.414 e. The van der Waals surface area contributed by atoms with Crippen molar-refractivity contribution >= 4 is 0 Å². The van der Waals surface area contributed by atoms with E-state index in [0.717, 1.165) is 18.1 Å². The van der Waals surface area contributed by atoms with Crippen LogP contribution in [0.25, 0.3) is 0 Å². The van der Waals surface area contributed by atoms with Gasteiger partial charge in [0.15, 0.2) is 6.10 Å². The smallest absolute Gasteiger partial charge is 0.386 e. The van der Waals surface area contributed by atoms with Gasteiger partial charge in [-0.25, -0.2) is 0 Å². The topological polar surface area (TPSA) is 29.5 Å². The highest BCUT2D eigenvalue weighted by Gasteiger charge is 2.37. The van der Waals surface area contributed by atoms with E-state index in [4.69, 9.17) is 0 Å². The van der Waals surface area contributed by atoms with Gasteiger partial charge in [-0.2, -0.15) is 13.2 Å². The molecule has 18 heavy (non-hydrogen) atoms. The standard InChI is InChI=1S/C13H17F3O2/c1-8-4-5-11(9(2)6-8)12(17)7-18-10(3)13(14,15)16/h4-6,10,12,17H,7H2,1-3H3. The molecule has 1 N–H and O–H groups in total. The lowest BCUT2D eigenvalue weighted by Crippen LogP contribution is -2.30. The summed E-state index contributed by atoms with van der Waals surface area (Å²) in [6, 6.07) is 5.38. The van der Waals surface area contributed by atoms with Crippen molar-refractivity contribution in [1.29, 1.82) is 0 Å². The van der Waals surface area contributed by atoms with Crippen LogP contribution in [0.5, 0.6) is 0 Å². The molecule has 0 aliphatic rings. The first-order valence-electron chi connectivity index (χ1n) is 5.65. The molecule has 0 aliphatic carbocycles. The van der Waals surface area contributed by atoms with Gasteiger partial charge in [-0.3, -0.25) is 0 Å². The van der Waals surface area contributed by atoms with Gasteiger partial charge in [0.05, 0.1) is 6.61 Å². The lowest BCUT2D eigenvalue weighted by molar-refractivity contribution is -0.219. The van der Waals surface area contributed by atoms with Crippen LogP contribution in [0.15, 0.2) is 18.2 Å². The van der Waals surface area contributed by atoms with E-state index < -0.39 is 18.4 Å². The van der Waals surface area contributed by atoms with Crippen LogP contribution >= 0.6 is 0 Å². The molecule has 5 heteroatoms. The van der Waals surface area contributed by atoms with Gasteiger partial charge in [-0.1, -0.05) is 23.8 Å². The number of alkyl halides is 3. The molecule has 0 bridgehead atoms. The third kappa shape index (κ3) is 3.99. The summed E-state index contributed by atoms with van der Waals surface area (Å²) < 4.78 is 41.3. The molecule has 0 heterocycles. The summed E-state index contributed by atoms with van der Waals surface area (Å²) in [5, 5.41) is 9.81. The van der Waals surface area contributed by atoms with Crippen molar-refractivity contribution < 1.29 is 23.0 Å². The second-order valence-electron chi connectivity index (χ2n) is 4.39. The van der Waals surface area contributed by atoms with Crippen LogP contribution in [0.2, 0.25) is 0 Å². The van der Waals surface area contributed by atoms with Crippen LogP contribution in [-0.2, 0) is 4.74 Å². The molecule has 2 unspecified atom stereocenters. The minimum atomic E-state index is -4.40. The van der Waals surface area contributed by atoms with E-state index in [1.165, 1.54) is 0 Å². The van der Waals surface area contributed by atoms with Gasteiger partial charge in [0, 0.05) is 0 Å². The highest BCUT2D eigenvalue weighted by Crippen LogP contribution is 2.25. The molecule has 1 rings (SSSR count). The Morgan fingerprint density at radius 2 is 1.89 bits per heavy atom. The highest BCUT2D eigenvalue weighted by molar-refractivity contribution is 5.31. The molecule has 2 atom stereocenters. The average molecular weight is 262 g/mol. The van der Waals surface area contributed by atoms with E-state index in [0.29, 0.717) is 5.56 Å². The molecule has 0 radical (unpaired) electrons. The summed E-state index contributed by atoms with van der Waals surface area (Å²) in [5.41, 5.74) is 2.47. The monoisotopic (exact) mass is 262 g/mol. The number of halogens is 3. The van der Waals surface area contributed by atoms with Crippen LogP contribution < -0.4 is 0 Å². The Bertz CT molecular complexity index is 402. The fourth-order valence-corrected chi connectivity index (χ4v) is 1.62. The second kappa shape index (κ2) is 5.71. The van der Waals surface area contributed by atoms with E-state index >= 15 is 0 Å². The third-order valence-corrected chi connectivity index (χ3v) is 2.75. The molecular formula is C13H17F3O2. The predicted octanol–water partition coefficient (Wildman–Crippen LogP) is 3.30. The first kappa shape index (κ1) is 15.0. The summed E-state index contributed by atoms with van der Waals surface area (Å²) in [4.78, 5) is 0. The molecule has 0 saturated heterocycles. The van der Waals surface area contributed by atoms with E-state index in [1.807, 2.05) is 13.0 Å². The zero-order chi connectivity index (χ0) is 13.9. The second-order valence-corrected chi connectivity index (χ2v) is 4.39. The number of aliphatic hydroxyl groups excluding tert-OH is 1. The zero-order valence-corrected chi connectivity index (χ0v) is 10.6. The Hall–Kier alpha value is -1.07. The summed E-state index contributed by atoms with van der Waals surface area (Å²) in [7, 11) is 0. The van der Waals surface area contributed by atoms with Crippen LogP contribution in [0.3, 0.4) is 0 Å². The maximum Gasteiger partial charge on any atom is 0.414 e. The highest BCUT2D eigenvalue weighted by atomic mass is 19.4. The molecule has 0 fully saturated rings. The fourth-order valence-electron chi connectivity index (χ4n) is 1.62. The molecule has 0 amide bonds. The Morgan fingerprint density at radius 1 is 1.28 bits per heavy atom. The molecule has 0 aliphatic heterocycles. The molecule has 0 saturated carbocycles. The van der Waals surface area contributed by atoms with Gasteiger partial charge in [0.2, 0.25) is 0 Å². The Kier molecular flexibility index (Phi) is 4.76. The number of ether oxygens (including phenoxy) is 1. The zero-order valence-electron chi connectivity index (χ0n) is 10.6. The fraction of sp³-hybridized carbons (Fsp3) is 0.538. The molecule has 2 nitrogen and oxygen atoms in total. The maximum atomic E-state index is 12.2. The van der Waals surface area contributed by atoms with E-state index in [1.54, 1.807) is 19.1 Å². The molecule has 102 valence electrons. The van der Waals surface area contributed by atoms with E-state index in [-0.39, 0.29) is 6.61 Å². The van der Waals surface area contributed by atoms with E-state index in [9.17, 15) is 18.3 Å². The third-order valence-electron chi connectivity index (χ3n) is 2.75. The van der Waals surface area contributed by atoms with Crippen LogP contribution in [0.4, 0.5) is 13.2 Å². The number of aliphatic hydroxyl groups is 1. The van der Waals surface area contributed by atoms with Crippen LogP contribution in [0, 0.1) is 13.8 Å². The van der Waals surface area contributed by atoms with Gasteiger partial charge >= 0.3 is 6.18 Å². The Labute approximate surface area is 104 Å². The molecule has 0 aromatic heterocycles. The number of aryl methyl sites for hydroxylation is 2. The maximum absolute atomic E-state index is 12.2. The van der Waals surface area contributed by atoms with Crippen molar-refractivity contribution in [2.24, 2.45) is 0 Å². The first-order valence-corrected chi connectivity index (χ1v) is 5.65. The van der Waals surface area contributed by atoms with Gasteiger partial charge < -0.3 is 9.84 Å². The van der Waals surface area contributed by atoms with Crippen molar-refractivity contribution in [2.75, 3.05) is 6.61 Å². The number of rotatable bonds is 4. The van der Waals surface area contributed by atoms with E-state index in [2.05, 4.69) is 4.74 Å². The number of benzene rings is 1. The van der Waals surface area contributed by atoms with Gasteiger partial charge in [0.1, 0.15) is 6.10 Å². The van der Waals surface area contributed by atoms with Gasteiger partial charge in [-0.05, 0) is 31.9 Å². The quantitative estimate of drug-likeness (QED) is 0.902.